The molecule has 1 rings (SSSR count). The maximum Gasteiger partial charge on any atom is 0.310 e. The van der Waals surface area contributed by atoms with E-state index < -0.39 is 34.4 Å². The first-order valence-electron chi connectivity index (χ1n) is 4.49. The summed E-state index contributed by atoms with van der Waals surface area (Å²) >= 11 is 0. The molecule has 0 saturated carbocycles. The number of nitrogens with zero attached hydrogens (tertiary/aromatic N) is 1. The third-order valence-electron chi connectivity index (χ3n) is 2.14. The Morgan fingerprint density at radius 1 is 1.59 bits per heavy atom. The quantitative estimate of drug-likeness (QED) is 0.343. The topological polar surface area (TPSA) is 86.5 Å². The van der Waals surface area contributed by atoms with Crippen molar-refractivity contribution in [1.29, 1.82) is 0 Å². The molecule has 0 radical (unpaired) electrons. The van der Waals surface area contributed by atoms with Gasteiger partial charge in [-0.2, -0.15) is 0 Å². The highest BCUT2D eigenvalue weighted by atomic mass is 19.1. The zero-order valence-corrected chi connectivity index (χ0v) is 8.81. The fourth-order valence-electron chi connectivity index (χ4n) is 1.33. The molecule has 0 bridgehead atoms. The normalized spacial score (nSPS) is 9.76. The van der Waals surface area contributed by atoms with Crippen molar-refractivity contribution >= 4 is 17.9 Å². The van der Waals surface area contributed by atoms with E-state index >= 15 is 0 Å². The number of carbonyl (C=O) groups excluding carboxylic acids is 2. The van der Waals surface area contributed by atoms with Gasteiger partial charge in [0.25, 0.3) is 5.69 Å². The van der Waals surface area contributed by atoms with Crippen molar-refractivity contribution < 1.29 is 23.6 Å². The van der Waals surface area contributed by atoms with E-state index in [4.69, 9.17) is 0 Å². The molecule has 0 aliphatic heterocycles. The van der Waals surface area contributed by atoms with Crippen LogP contribution in [0.5, 0.6) is 0 Å². The molecule has 0 N–H and O–H groups in total. The van der Waals surface area contributed by atoms with Crippen LogP contribution in [0.1, 0.15) is 15.9 Å². The third kappa shape index (κ3) is 2.63. The minimum absolute atomic E-state index is 0.139. The zero-order valence-electron chi connectivity index (χ0n) is 8.81. The molecule has 0 aliphatic carbocycles. The molecule has 0 saturated heterocycles. The van der Waals surface area contributed by atoms with Crippen LogP contribution in [0, 0.1) is 15.9 Å². The van der Waals surface area contributed by atoms with E-state index in [-0.39, 0.29) is 11.8 Å². The van der Waals surface area contributed by atoms with Gasteiger partial charge < -0.3 is 4.74 Å². The van der Waals surface area contributed by atoms with E-state index in [1.54, 1.807) is 0 Å². The lowest BCUT2D eigenvalue weighted by Gasteiger charge is -2.05. The van der Waals surface area contributed by atoms with Gasteiger partial charge in [0.2, 0.25) is 0 Å². The molecule has 90 valence electrons. The van der Waals surface area contributed by atoms with E-state index in [9.17, 15) is 24.1 Å². The predicted molar refractivity (Wildman–Crippen MR) is 54.2 cm³/mol. The minimum Gasteiger partial charge on any atom is -0.469 e. The number of nitro benzene ring substituents is 1. The lowest BCUT2D eigenvalue weighted by molar-refractivity contribution is -0.385. The summed E-state index contributed by atoms with van der Waals surface area (Å²) in [7, 11) is 1.09. The van der Waals surface area contributed by atoms with Crippen LogP contribution in [-0.4, -0.2) is 24.3 Å². The molecule has 0 heterocycles. The molecular formula is C10H8FNO5. The smallest absolute Gasteiger partial charge is 0.310 e. The molecule has 0 aromatic heterocycles. The maximum atomic E-state index is 13.2. The molecule has 0 unspecified atom stereocenters. The Balaban J connectivity index is 3.38. The van der Waals surface area contributed by atoms with Gasteiger partial charge in [-0.3, -0.25) is 19.7 Å². The van der Waals surface area contributed by atoms with Gasteiger partial charge in [0, 0.05) is 6.07 Å². The summed E-state index contributed by atoms with van der Waals surface area (Å²) in [4.78, 5) is 31.6. The fraction of sp³-hybridized carbons (Fsp3) is 0.200. The second-order valence-corrected chi connectivity index (χ2v) is 3.09. The van der Waals surface area contributed by atoms with Crippen molar-refractivity contribution in [3.05, 3.63) is 39.2 Å². The first kappa shape index (κ1) is 12.8. The molecule has 6 nitrogen and oxygen atoms in total. The SMILES string of the molecule is COC(=O)Cc1c([N+](=O)[O-])ccc(F)c1C=O. The van der Waals surface area contributed by atoms with E-state index in [2.05, 4.69) is 4.74 Å². The van der Waals surface area contributed by atoms with Gasteiger partial charge >= 0.3 is 5.97 Å². The van der Waals surface area contributed by atoms with Crippen molar-refractivity contribution in [3.8, 4) is 0 Å². The van der Waals surface area contributed by atoms with E-state index in [0.29, 0.717) is 0 Å². The number of ether oxygens (including phenoxy) is 1. The van der Waals surface area contributed by atoms with Crippen LogP contribution in [-0.2, 0) is 16.0 Å². The largest absolute Gasteiger partial charge is 0.469 e. The summed E-state index contributed by atoms with van der Waals surface area (Å²) in [5.74, 6) is -1.70. The lowest BCUT2D eigenvalue weighted by atomic mass is 10.0. The third-order valence-corrected chi connectivity index (χ3v) is 2.14. The highest BCUT2D eigenvalue weighted by Gasteiger charge is 2.23. The molecule has 0 spiro atoms. The van der Waals surface area contributed by atoms with Crippen LogP contribution < -0.4 is 0 Å². The number of rotatable bonds is 4. The number of esters is 1. The second-order valence-electron chi connectivity index (χ2n) is 3.09. The van der Waals surface area contributed by atoms with E-state index in [0.717, 1.165) is 19.2 Å². The Morgan fingerprint density at radius 2 is 2.24 bits per heavy atom. The number of hydrogen-bond donors (Lipinski definition) is 0. The summed E-state index contributed by atoms with van der Waals surface area (Å²) in [6.45, 7) is 0. The average Bonchev–Trinajstić information content (AvgIpc) is 2.28. The van der Waals surface area contributed by atoms with Crippen molar-refractivity contribution in [2.24, 2.45) is 0 Å². The van der Waals surface area contributed by atoms with Crippen LogP contribution in [0.4, 0.5) is 10.1 Å². The number of benzene rings is 1. The number of halogens is 1. The van der Waals surface area contributed by atoms with Crippen LogP contribution in [0.25, 0.3) is 0 Å². The highest BCUT2D eigenvalue weighted by Crippen LogP contribution is 2.24. The number of nitro groups is 1. The van der Waals surface area contributed by atoms with Crippen molar-refractivity contribution in [2.45, 2.75) is 6.42 Å². The van der Waals surface area contributed by atoms with Gasteiger partial charge in [0.15, 0.2) is 6.29 Å². The molecule has 0 amide bonds. The van der Waals surface area contributed by atoms with Crippen LogP contribution in [0.2, 0.25) is 0 Å². The summed E-state index contributed by atoms with van der Waals surface area (Å²) in [5, 5.41) is 10.7. The number of hydrogen-bond acceptors (Lipinski definition) is 5. The van der Waals surface area contributed by atoms with E-state index in [1.165, 1.54) is 0 Å². The van der Waals surface area contributed by atoms with Crippen molar-refractivity contribution in [2.75, 3.05) is 7.11 Å². The van der Waals surface area contributed by atoms with Gasteiger partial charge in [-0.05, 0) is 6.07 Å². The zero-order chi connectivity index (χ0) is 13.0. The van der Waals surface area contributed by atoms with Gasteiger partial charge in [-0.25, -0.2) is 4.39 Å². The van der Waals surface area contributed by atoms with Gasteiger partial charge in [0.1, 0.15) is 5.82 Å². The number of carbonyl (C=O) groups is 2. The number of methoxy groups -OCH3 is 1. The monoisotopic (exact) mass is 241 g/mol. The van der Waals surface area contributed by atoms with Gasteiger partial charge in [-0.15, -0.1) is 0 Å². The first-order chi connectivity index (χ1) is 8.01. The molecule has 7 heteroatoms. The Kier molecular flexibility index (Phi) is 3.86. The fourth-order valence-corrected chi connectivity index (χ4v) is 1.33. The maximum absolute atomic E-state index is 13.2. The predicted octanol–water partition coefficient (Wildman–Crippen LogP) is 1.26. The summed E-state index contributed by atoms with van der Waals surface area (Å²) < 4.78 is 17.6. The van der Waals surface area contributed by atoms with E-state index in [1.807, 2.05) is 0 Å². The minimum atomic E-state index is -0.912. The van der Waals surface area contributed by atoms with Crippen molar-refractivity contribution in [3.63, 3.8) is 0 Å². The van der Waals surface area contributed by atoms with Crippen LogP contribution in [0.3, 0.4) is 0 Å². The Morgan fingerprint density at radius 3 is 2.71 bits per heavy atom. The summed E-state index contributed by atoms with van der Waals surface area (Å²) in [5.41, 5.74) is -1.26. The Labute approximate surface area is 95.1 Å². The molecule has 0 fully saturated rings. The van der Waals surface area contributed by atoms with Crippen LogP contribution in [0.15, 0.2) is 12.1 Å². The van der Waals surface area contributed by atoms with Crippen LogP contribution >= 0.6 is 0 Å². The highest BCUT2D eigenvalue weighted by molar-refractivity contribution is 5.84. The summed E-state index contributed by atoms with van der Waals surface area (Å²) in [6, 6.07) is 1.71. The Hall–Kier alpha value is -2.31. The standard InChI is InChI=1S/C10H8FNO5/c1-17-10(14)4-6-7(5-13)8(11)2-3-9(6)12(15)16/h2-3,5H,4H2,1H3. The molecular weight excluding hydrogens is 233 g/mol. The van der Waals surface area contributed by atoms with Crippen molar-refractivity contribution in [1.82, 2.24) is 0 Å². The summed E-state index contributed by atoms with van der Waals surface area (Å²) in [6.07, 6.45) is -0.390. The Bertz CT molecular complexity index is 486. The molecule has 0 atom stereocenters. The molecule has 17 heavy (non-hydrogen) atoms. The average molecular weight is 241 g/mol. The molecule has 1 aromatic rings. The first-order valence-corrected chi connectivity index (χ1v) is 4.49. The van der Waals surface area contributed by atoms with Gasteiger partial charge in [0.05, 0.1) is 29.6 Å². The second kappa shape index (κ2) is 5.15. The van der Waals surface area contributed by atoms with Gasteiger partial charge in [-0.1, -0.05) is 0 Å². The lowest BCUT2D eigenvalue weighted by Crippen LogP contribution is -2.10. The number of aldehydes is 1. The molecule has 1 aromatic carbocycles. The molecule has 0 aliphatic rings.